The Balaban J connectivity index is 1.54. The van der Waals surface area contributed by atoms with Crippen molar-refractivity contribution >= 4 is 11.7 Å². The predicted octanol–water partition coefficient (Wildman–Crippen LogP) is 2.31. The Bertz CT molecular complexity index is 604. The highest BCUT2D eigenvalue weighted by molar-refractivity contribution is 5.77. The summed E-state index contributed by atoms with van der Waals surface area (Å²) in [6.45, 7) is 1.68. The van der Waals surface area contributed by atoms with Gasteiger partial charge in [0.15, 0.2) is 0 Å². The Morgan fingerprint density at radius 3 is 2.45 bits per heavy atom. The second-order valence-electron chi connectivity index (χ2n) is 5.23. The Morgan fingerprint density at radius 1 is 1.05 bits per heavy atom. The first-order valence-electron chi connectivity index (χ1n) is 7.33. The number of benzene rings is 2. The smallest absolute Gasteiger partial charge is 0.333 e. The molecule has 5 heteroatoms. The molecule has 1 fully saturated rings. The average molecular weight is 297 g/mol. The summed E-state index contributed by atoms with van der Waals surface area (Å²) in [5.74, 6) is 0. The van der Waals surface area contributed by atoms with Gasteiger partial charge in [-0.25, -0.2) is 10.2 Å². The minimum Gasteiger partial charge on any atom is -0.375 e. The number of hydrogen-bond donors (Lipinski definition) is 2. The van der Waals surface area contributed by atoms with Crippen molar-refractivity contribution in [2.24, 2.45) is 0 Å². The maximum absolute atomic E-state index is 11.8. The maximum atomic E-state index is 11.8. The van der Waals surface area contributed by atoms with Crippen LogP contribution in [0.5, 0.6) is 0 Å². The molecule has 0 radical (unpaired) electrons. The predicted molar refractivity (Wildman–Crippen MR) is 85.3 cm³/mol. The van der Waals surface area contributed by atoms with Gasteiger partial charge in [0.1, 0.15) is 0 Å². The van der Waals surface area contributed by atoms with E-state index in [0.29, 0.717) is 19.8 Å². The van der Waals surface area contributed by atoms with E-state index < -0.39 is 0 Å². The van der Waals surface area contributed by atoms with Crippen LogP contribution in [0.3, 0.4) is 0 Å². The number of para-hydroxylation sites is 1. The van der Waals surface area contributed by atoms with Gasteiger partial charge in [0.05, 0.1) is 31.5 Å². The van der Waals surface area contributed by atoms with E-state index in [1.165, 1.54) is 0 Å². The van der Waals surface area contributed by atoms with Gasteiger partial charge in [-0.3, -0.25) is 5.01 Å². The molecule has 1 aliphatic rings. The first kappa shape index (κ1) is 14.4. The number of hydrazine groups is 1. The van der Waals surface area contributed by atoms with E-state index in [4.69, 9.17) is 4.74 Å². The molecule has 0 saturated carbocycles. The van der Waals surface area contributed by atoms with Gasteiger partial charge >= 0.3 is 6.03 Å². The molecule has 22 heavy (non-hydrogen) atoms. The van der Waals surface area contributed by atoms with Crippen LogP contribution in [0.4, 0.5) is 10.5 Å². The maximum Gasteiger partial charge on any atom is 0.333 e. The molecule has 114 valence electrons. The molecule has 0 spiro atoms. The van der Waals surface area contributed by atoms with E-state index in [0.717, 1.165) is 11.3 Å². The number of anilines is 1. The average Bonchev–Trinajstić information content (AvgIpc) is 2.56. The number of carbonyl (C=O) groups is 1. The van der Waals surface area contributed by atoms with Crippen LogP contribution in [0.1, 0.15) is 5.56 Å². The summed E-state index contributed by atoms with van der Waals surface area (Å²) < 4.78 is 5.72. The zero-order valence-electron chi connectivity index (χ0n) is 12.2. The van der Waals surface area contributed by atoms with Crippen LogP contribution < -0.4 is 15.8 Å². The normalized spacial score (nSPS) is 17.7. The first-order valence-corrected chi connectivity index (χ1v) is 7.33. The van der Waals surface area contributed by atoms with Crippen molar-refractivity contribution in [3.63, 3.8) is 0 Å². The third-order valence-corrected chi connectivity index (χ3v) is 3.47. The molecule has 1 saturated heterocycles. The Labute approximate surface area is 129 Å². The van der Waals surface area contributed by atoms with Crippen LogP contribution in [0.25, 0.3) is 0 Å². The molecule has 0 bridgehead atoms. The molecule has 2 aromatic rings. The number of nitrogens with one attached hydrogen (secondary N) is 2. The zero-order chi connectivity index (χ0) is 15.2. The van der Waals surface area contributed by atoms with Gasteiger partial charge in [0, 0.05) is 0 Å². The summed E-state index contributed by atoms with van der Waals surface area (Å²) in [5.41, 5.74) is 4.89. The Morgan fingerprint density at radius 2 is 1.73 bits per heavy atom. The van der Waals surface area contributed by atoms with E-state index in [2.05, 4.69) is 10.7 Å². The van der Waals surface area contributed by atoms with Crippen LogP contribution in [-0.2, 0) is 11.3 Å². The fourth-order valence-electron chi connectivity index (χ4n) is 2.42. The summed E-state index contributed by atoms with van der Waals surface area (Å²) in [7, 11) is 0. The molecule has 2 amide bonds. The van der Waals surface area contributed by atoms with Gasteiger partial charge in [-0.05, 0) is 17.7 Å². The fraction of sp³-hybridized carbons (Fsp3) is 0.235. The lowest BCUT2D eigenvalue weighted by Crippen LogP contribution is -2.62. The highest BCUT2D eigenvalue weighted by Crippen LogP contribution is 2.13. The third kappa shape index (κ3) is 3.77. The number of amides is 2. The second-order valence-corrected chi connectivity index (χ2v) is 5.23. The molecule has 1 atom stereocenters. The quantitative estimate of drug-likeness (QED) is 0.890. The van der Waals surface area contributed by atoms with Crippen LogP contribution in [0.2, 0.25) is 0 Å². The number of urea groups is 1. The van der Waals surface area contributed by atoms with Crippen LogP contribution in [-0.4, -0.2) is 25.2 Å². The minimum atomic E-state index is -0.205. The monoisotopic (exact) mass is 297 g/mol. The van der Waals surface area contributed by atoms with Gasteiger partial charge in [0.25, 0.3) is 0 Å². The number of carbonyl (C=O) groups excluding carboxylic acids is 1. The molecule has 2 aromatic carbocycles. The topological polar surface area (TPSA) is 53.6 Å². The van der Waals surface area contributed by atoms with Crippen LogP contribution in [0, 0.1) is 0 Å². The lowest BCUT2D eigenvalue weighted by atomic mass is 10.2. The van der Waals surface area contributed by atoms with E-state index in [1.54, 1.807) is 0 Å². The highest BCUT2D eigenvalue weighted by atomic mass is 16.5. The summed E-state index contributed by atoms with van der Waals surface area (Å²) in [4.78, 5) is 11.8. The largest absolute Gasteiger partial charge is 0.375 e. The first-order chi connectivity index (χ1) is 10.8. The standard InChI is InChI=1S/C17H19N3O2/c21-17-18-15(13-22-12-14-7-3-1-4-8-14)11-20(19-17)16-9-5-2-6-10-16/h1-10,15H,11-13H2,(H2,18,19,21). The molecule has 3 rings (SSSR count). The Kier molecular flexibility index (Phi) is 4.56. The molecule has 1 unspecified atom stereocenters. The van der Waals surface area contributed by atoms with Gasteiger partial charge < -0.3 is 10.1 Å². The summed E-state index contributed by atoms with van der Waals surface area (Å²) in [6.07, 6.45) is 0. The van der Waals surface area contributed by atoms with Crippen molar-refractivity contribution in [1.82, 2.24) is 10.7 Å². The van der Waals surface area contributed by atoms with Crippen LogP contribution >= 0.6 is 0 Å². The SMILES string of the molecule is O=C1NC(COCc2ccccc2)CN(c2ccccc2)N1. The second kappa shape index (κ2) is 6.95. The molecule has 0 aliphatic carbocycles. The van der Waals surface area contributed by atoms with Gasteiger partial charge in [0.2, 0.25) is 0 Å². The van der Waals surface area contributed by atoms with E-state index in [1.807, 2.05) is 65.7 Å². The number of hydrogen-bond acceptors (Lipinski definition) is 3. The highest BCUT2D eigenvalue weighted by Gasteiger charge is 2.24. The molecule has 0 aromatic heterocycles. The molecule has 1 heterocycles. The molecular formula is C17H19N3O2. The van der Waals surface area contributed by atoms with Crippen molar-refractivity contribution in [2.45, 2.75) is 12.6 Å². The molecular weight excluding hydrogens is 278 g/mol. The molecule has 1 aliphatic heterocycles. The Hall–Kier alpha value is -2.53. The number of nitrogens with zero attached hydrogens (tertiary/aromatic N) is 1. The number of ether oxygens (including phenoxy) is 1. The van der Waals surface area contributed by atoms with Crippen molar-refractivity contribution in [2.75, 3.05) is 18.2 Å². The fourth-order valence-corrected chi connectivity index (χ4v) is 2.42. The number of rotatable bonds is 5. The van der Waals surface area contributed by atoms with Crippen molar-refractivity contribution in [3.8, 4) is 0 Å². The van der Waals surface area contributed by atoms with E-state index in [-0.39, 0.29) is 12.1 Å². The zero-order valence-corrected chi connectivity index (χ0v) is 12.2. The lowest BCUT2D eigenvalue weighted by molar-refractivity contribution is 0.0978. The lowest BCUT2D eigenvalue weighted by Gasteiger charge is -2.35. The summed E-state index contributed by atoms with van der Waals surface area (Å²) >= 11 is 0. The van der Waals surface area contributed by atoms with Gasteiger partial charge in [-0.1, -0.05) is 48.5 Å². The summed E-state index contributed by atoms with van der Waals surface area (Å²) in [5, 5.41) is 4.73. The van der Waals surface area contributed by atoms with Crippen molar-refractivity contribution in [1.29, 1.82) is 0 Å². The van der Waals surface area contributed by atoms with E-state index >= 15 is 0 Å². The van der Waals surface area contributed by atoms with Gasteiger partial charge in [-0.15, -0.1) is 0 Å². The molecule has 2 N–H and O–H groups in total. The summed E-state index contributed by atoms with van der Waals surface area (Å²) in [6, 6.07) is 19.5. The van der Waals surface area contributed by atoms with Crippen molar-refractivity contribution in [3.05, 3.63) is 66.2 Å². The van der Waals surface area contributed by atoms with Crippen molar-refractivity contribution < 1.29 is 9.53 Å². The third-order valence-electron chi connectivity index (χ3n) is 3.47. The molecule has 5 nitrogen and oxygen atoms in total. The van der Waals surface area contributed by atoms with Crippen LogP contribution in [0.15, 0.2) is 60.7 Å². The van der Waals surface area contributed by atoms with Gasteiger partial charge in [-0.2, -0.15) is 0 Å². The van der Waals surface area contributed by atoms with E-state index in [9.17, 15) is 4.79 Å². The minimum absolute atomic E-state index is 0.0438.